The predicted octanol–water partition coefficient (Wildman–Crippen LogP) is 18.0. The van der Waals surface area contributed by atoms with Crippen molar-refractivity contribution in [3.63, 3.8) is 0 Å². The molecule has 1 amide bonds. The third-order valence-electron chi connectivity index (χ3n) is 13.1. The number of ether oxygens (including phenoxy) is 1. The molecular formula is C64H115N2O7P. The number of carbonyl (C=O) groups is 2. The molecule has 10 heteroatoms. The van der Waals surface area contributed by atoms with Gasteiger partial charge < -0.3 is 28.5 Å². The van der Waals surface area contributed by atoms with Crippen molar-refractivity contribution in [1.29, 1.82) is 0 Å². The van der Waals surface area contributed by atoms with Gasteiger partial charge in [0.1, 0.15) is 19.3 Å². The lowest BCUT2D eigenvalue weighted by atomic mass is 10.0. The summed E-state index contributed by atoms with van der Waals surface area (Å²) in [6.45, 7) is 6.70. The first-order chi connectivity index (χ1) is 35.9. The number of nitrogens with one attached hydrogen (secondary N) is 1. The van der Waals surface area contributed by atoms with Crippen LogP contribution in [-0.4, -0.2) is 69.4 Å². The average Bonchev–Trinajstić information content (AvgIpc) is 3.36. The van der Waals surface area contributed by atoms with Crippen LogP contribution in [0.4, 0.5) is 0 Å². The summed E-state index contributed by atoms with van der Waals surface area (Å²) in [7, 11) is 1.16. The van der Waals surface area contributed by atoms with Gasteiger partial charge in [-0.15, -0.1) is 0 Å². The molecule has 428 valence electrons. The van der Waals surface area contributed by atoms with Crippen molar-refractivity contribution >= 4 is 19.7 Å². The number of phosphoric acid groups is 1. The van der Waals surface area contributed by atoms with Crippen LogP contribution in [0.5, 0.6) is 0 Å². The summed E-state index contributed by atoms with van der Waals surface area (Å²) < 4.78 is 30.3. The van der Waals surface area contributed by atoms with Crippen LogP contribution in [0.2, 0.25) is 0 Å². The summed E-state index contributed by atoms with van der Waals surface area (Å²) in [5, 5.41) is 3.01. The Bertz CT molecular complexity index is 1540. The summed E-state index contributed by atoms with van der Waals surface area (Å²) in [6.07, 6.45) is 69.7. The van der Waals surface area contributed by atoms with Crippen molar-refractivity contribution in [2.75, 3.05) is 40.9 Å². The number of likely N-dealkylation sites (N-methyl/N-ethyl adjacent to an activating group) is 1. The fraction of sp³-hybridized carbons (Fsp3) is 0.750. The quantitative estimate of drug-likeness (QED) is 0.0212. The monoisotopic (exact) mass is 1050 g/mol. The van der Waals surface area contributed by atoms with E-state index in [0.717, 1.165) is 109 Å². The van der Waals surface area contributed by atoms with E-state index in [1.165, 1.54) is 103 Å². The van der Waals surface area contributed by atoms with Crippen molar-refractivity contribution in [2.24, 2.45) is 0 Å². The molecule has 0 spiro atoms. The van der Waals surface area contributed by atoms with Gasteiger partial charge in [0.05, 0.1) is 33.8 Å². The molecule has 0 bridgehead atoms. The van der Waals surface area contributed by atoms with Crippen LogP contribution in [0, 0.1) is 0 Å². The Morgan fingerprint density at radius 1 is 0.486 bits per heavy atom. The van der Waals surface area contributed by atoms with E-state index in [1.54, 1.807) is 0 Å². The molecule has 0 saturated heterocycles. The molecule has 3 atom stereocenters. The fourth-order valence-electron chi connectivity index (χ4n) is 8.37. The van der Waals surface area contributed by atoms with Gasteiger partial charge in [-0.25, -0.2) is 0 Å². The molecule has 0 aliphatic heterocycles. The van der Waals surface area contributed by atoms with Gasteiger partial charge in [-0.3, -0.25) is 14.2 Å². The van der Waals surface area contributed by atoms with Gasteiger partial charge in [0.15, 0.2) is 0 Å². The molecule has 0 heterocycles. The SMILES string of the molecule is CC/C=C\C/C=C\C/C=C\C/C=C\C/C=C\CCCCCCCC(=O)OC(/C=C\CCCCCCCCCCCCC)C(COP(=O)([O-])OCC[N+](C)(C)C)NC(=O)CCCCC/C=C\CCCCCCCCC. The lowest BCUT2D eigenvalue weighted by Crippen LogP contribution is -2.47. The van der Waals surface area contributed by atoms with E-state index in [9.17, 15) is 19.0 Å². The molecule has 0 aliphatic rings. The molecule has 0 rings (SSSR count). The zero-order chi connectivity index (χ0) is 54.3. The van der Waals surface area contributed by atoms with Gasteiger partial charge in [-0.1, -0.05) is 228 Å². The highest BCUT2D eigenvalue weighted by molar-refractivity contribution is 7.45. The van der Waals surface area contributed by atoms with Gasteiger partial charge in [0.25, 0.3) is 7.82 Å². The van der Waals surface area contributed by atoms with Crippen LogP contribution in [0.3, 0.4) is 0 Å². The second-order valence-electron chi connectivity index (χ2n) is 21.5. The van der Waals surface area contributed by atoms with Crippen LogP contribution < -0.4 is 10.2 Å². The lowest BCUT2D eigenvalue weighted by Gasteiger charge is -2.30. The summed E-state index contributed by atoms with van der Waals surface area (Å²) in [4.78, 5) is 39.9. The van der Waals surface area contributed by atoms with E-state index in [2.05, 4.69) is 99.0 Å². The number of nitrogens with zero attached hydrogens (tertiary/aromatic N) is 1. The van der Waals surface area contributed by atoms with Crippen molar-refractivity contribution in [3.8, 4) is 0 Å². The normalized spacial score (nSPS) is 14.3. The van der Waals surface area contributed by atoms with E-state index in [0.29, 0.717) is 23.9 Å². The smallest absolute Gasteiger partial charge is 0.306 e. The van der Waals surface area contributed by atoms with Crippen molar-refractivity contribution < 1.29 is 37.3 Å². The molecule has 0 aliphatic carbocycles. The van der Waals surface area contributed by atoms with E-state index in [4.69, 9.17) is 13.8 Å². The van der Waals surface area contributed by atoms with Crippen molar-refractivity contribution in [1.82, 2.24) is 5.32 Å². The maximum atomic E-state index is 13.5. The third-order valence-corrected chi connectivity index (χ3v) is 14.0. The van der Waals surface area contributed by atoms with E-state index >= 15 is 0 Å². The first-order valence-electron chi connectivity index (χ1n) is 30.4. The third kappa shape index (κ3) is 54.0. The number of amides is 1. The summed E-state index contributed by atoms with van der Waals surface area (Å²) in [5.41, 5.74) is 0. The average molecular weight is 1060 g/mol. The number of unbranched alkanes of at least 4 members (excludes halogenated alkanes) is 26. The van der Waals surface area contributed by atoms with E-state index in [-0.39, 0.29) is 31.3 Å². The minimum Gasteiger partial charge on any atom is -0.756 e. The maximum Gasteiger partial charge on any atom is 0.306 e. The van der Waals surface area contributed by atoms with E-state index < -0.39 is 26.6 Å². The minimum atomic E-state index is -4.71. The van der Waals surface area contributed by atoms with Crippen LogP contribution in [0.25, 0.3) is 0 Å². The molecule has 1 N–H and O–H groups in total. The Morgan fingerprint density at radius 3 is 1.32 bits per heavy atom. The number of esters is 1. The lowest BCUT2D eigenvalue weighted by molar-refractivity contribution is -0.870. The van der Waals surface area contributed by atoms with Crippen molar-refractivity contribution in [3.05, 3.63) is 85.1 Å². The van der Waals surface area contributed by atoms with Gasteiger partial charge in [0.2, 0.25) is 5.91 Å². The predicted molar refractivity (Wildman–Crippen MR) is 316 cm³/mol. The highest BCUT2D eigenvalue weighted by atomic mass is 31.2. The van der Waals surface area contributed by atoms with Crippen LogP contribution in [0.15, 0.2) is 85.1 Å². The van der Waals surface area contributed by atoms with Gasteiger partial charge in [-0.05, 0) is 102 Å². The number of hydrogen-bond acceptors (Lipinski definition) is 7. The molecule has 0 saturated carbocycles. The molecule has 74 heavy (non-hydrogen) atoms. The summed E-state index contributed by atoms with van der Waals surface area (Å²) in [6, 6.07) is -0.908. The summed E-state index contributed by atoms with van der Waals surface area (Å²) >= 11 is 0. The minimum absolute atomic E-state index is 0.0315. The molecular weight excluding hydrogens is 940 g/mol. The van der Waals surface area contributed by atoms with Crippen molar-refractivity contribution in [2.45, 2.75) is 270 Å². The first kappa shape index (κ1) is 71.2. The largest absolute Gasteiger partial charge is 0.756 e. The number of hydrogen-bond donors (Lipinski definition) is 1. The zero-order valence-corrected chi connectivity index (χ0v) is 49.7. The van der Waals surface area contributed by atoms with Gasteiger partial charge in [-0.2, -0.15) is 0 Å². The number of quaternary nitrogens is 1. The molecule has 0 aromatic carbocycles. The second-order valence-corrected chi connectivity index (χ2v) is 22.9. The fourth-order valence-corrected chi connectivity index (χ4v) is 9.09. The number of carbonyl (C=O) groups excluding carboxylic acids is 2. The zero-order valence-electron chi connectivity index (χ0n) is 48.8. The Kier molecular flexibility index (Phi) is 51.5. The molecule has 9 nitrogen and oxygen atoms in total. The number of allylic oxidation sites excluding steroid dienone is 13. The Balaban J connectivity index is 5.35. The van der Waals surface area contributed by atoms with E-state index in [1.807, 2.05) is 33.3 Å². The molecule has 0 aromatic heterocycles. The van der Waals surface area contributed by atoms with Crippen LogP contribution in [0.1, 0.15) is 258 Å². The van der Waals surface area contributed by atoms with Gasteiger partial charge in [0, 0.05) is 12.8 Å². The number of phosphoric ester groups is 1. The first-order valence-corrected chi connectivity index (χ1v) is 31.9. The highest BCUT2D eigenvalue weighted by Gasteiger charge is 2.27. The Hall–Kier alpha value is -2.81. The molecule has 0 radical (unpaired) electrons. The summed E-state index contributed by atoms with van der Waals surface area (Å²) in [5.74, 6) is -0.582. The molecule has 0 fully saturated rings. The number of rotatable bonds is 54. The standard InChI is InChI=1S/C64H115N2O7P/c1-7-10-13-16-19-22-25-28-30-31-32-33-34-35-36-39-42-45-48-51-54-57-64(68)73-62(55-52-49-46-43-40-37-27-24-21-18-15-12-9-3)61(60-72-74(69,70)71-59-58-66(4,5)6)65-63(67)56-53-50-47-44-41-38-29-26-23-20-17-14-11-8-2/h10,13,19,22,28,30,32-33,35-36,38,41,52,55,61-62H,7-9,11-12,14-18,20-21,23-27,29,31,34,37,39-40,42-51,53-54,56-60H2,1-6H3,(H-,65,67,69,70)/b13-10-,22-19-,30-28-,33-32-,36-35-,41-38-,55-52-. The highest BCUT2D eigenvalue weighted by Crippen LogP contribution is 2.38. The van der Waals surface area contributed by atoms with Gasteiger partial charge >= 0.3 is 5.97 Å². The van der Waals surface area contributed by atoms with Crippen LogP contribution in [-0.2, 0) is 27.9 Å². The Morgan fingerprint density at radius 2 is 0.865 bits per heavy atom. The second kappa shape index (κ2) is 53.6. The maximum absolute atomic E-state index is 13.5. The Labute approximate surface area is 456 Å². The topological polar surface area (TPSA) is 114 Å². The molecule has 3 unspecified atom stereocenters. The van der Waals surface area contributed by atoms with Crippen LogP contribution >= 0.6 is 7.82 Å². The molecule has 0 aromatic rings.